The second-order valence-electron chi connectivity index (χ2n) is 4.38. The monoisotopic (exact) mass is 249 g/mol. The molecule has 0 fully saturated rings. The smallest absolute Gasteiger partial charge is 0.165 e. The summed E-state index contributed by atoms with van der Waals surface area (Å²) < 4.78 is 20.9. The second kappa shape index (κ2) is 4.78. The maximum Gasteiger partial charge on any atom is 0.165 e. The van der Waals surface area contributed by atoms with E-state index in [2.05, 4.69) is 5.10 Å². The molecule has 0 aliphatic heterocycles. The molecule has 1 aromatic heterocycles. The molecule has 0 amide bonds. The fourth-order valence-electron chi connectivity index (χ4n) is 1.69. The van der Waals surface area contributed by atoms with Crippen molar-refractivity contribution < 1.29 is 9.13 Å². The van der Waals surface area contributed by atoms with Crippen LogP contribution < -0.4 is 10.5 Å². The van der Waals surface area contributed by atoms with Crippen molar-refractivity contribution in [2.24, 2.45) is 12.8 Å². The number of aromatic nitrogens is 2. The molecule has 2 aromatic rings. The molecule has 1 heterocycles. The van der Waals surface area contributed by atoms with Crippen LogP contribution in [0, 0.1) is 12.7 Å². The lowest BCUT2D eigenvalue weighted by Crippen LogP contribution is -2.07. The maximum absolute atomic E-state index is 13.5. The number of halogens is 1. The van der Waals surface area contributed by atoms with E-state index in [4.69, 9.17) is 10.5 Å². The van der Waals surface area contributed by atoms with Gasteiger partial charge in [-0.2, -0.15) is 5.10 Å². The third kappa shape index (κ3) is 2.51. The van der Waals surface area contributed by atoms with Crippen LogP contribution in [0.15, 0.2) is 24.5 Å². The van der Waals surface area contributed by atoms with Crippen LogP contribution in [-0.4, -0.2) is 9.78 Å². The molecule has 0 saturated carbocycles. The molecule has 96 valence electrons. The third-order valence-corrected chi connectivity index (χ3v) is 2.69. The Morgan fingerprint density at radius 3 is 2.72 bits per heavy atom. The fraction of sp³-hybridized carbons (Fsp3) is 0.308. The number of benzene rings is 1. The molecule has 0 radical (unpaired) electrons. The number of hydrogen-bond donors (Lipinski definition) is 1. The van der Waals surface area contributed by atoms with Gasteiger partial charge in [-0.15, -0.1) is 0 Å². The van der Waals surface area contributed by atoms with Crippen LogP contribution in [-0.2, 0) is 7.05 Å². The van der Waals surface area contributed by atoms with Crippen molar-refractivity contribution in [3.05, 3.63) is 41.5 Å². The fourth-order valence-corrected chi connectivity index (χ4v) is 1.69. The van der Waals surface area contributed by atoms with Gasteiger partial charge in [-0.1, -0.05) is 0 Å². The Morgan fingerprint density at radius 1 is 1.44 bits per heavy atom. The van der Waals surface area contributed by atoms with Gasteiger partial charge in [-0.05, 0) is 31.5 Å². The molecular formula is C13H16FN3O. The summed E-state index contributed by atoms with van der Waals surface area (Å²) in [5.74, 6) is 0.892. The highest BCUT2D eigenvalue weighted by Gasteiger charge is 2.13. The lowest BCUT2D eigenvalue weighted by atomic mass is 10.1. The minimum atomic E-state index is -0.299. The van der Waals surface area contributed by atoms with Crippen molar-refractivity contribution in [2.75, 3.05) is 0 Å². The van der Waals surface area contributed by atoms with E-state index in [0.717, 1.165) is 0 Å². The molecule has 0 saturated heterocycles. The predicted molar refractivity (Wildman–Crippen MR) is 67.0 cm³/mol. The van der Waals surface area contributed by atoms with E-state index < -0.39 is 0 Å². The van der Waals surface area contributed by atoms with E-state index in [1.54, 1.807) is 44.0 Å². The van der Waals surface area contributed by atoms with Crippen molar-refractivity contribution in [3.8, 4) is 11.5 Å². The molecule has 0 bridgehead atoms. The van der Waals surface area contributed by atoms with E-state index in [0.29, 0.717) is 22.6 Å². The van der Waals surface area contributed by atoms with Crippen LogP contribution in [0.3, 0.4) is 0 Å². The van der Waals surface area contributed by atoms with Crippen LogP contribution in [0.25, 0.3) is 0 Å². The normalized spacial score (nSPS) is 12.5. The molecule has 0 aliphatic rings. The van der Waals surface area contributed by atoms with Crippen LogP contribution in [0.4, 0.5) is 4.39 Å². The van der Waals surface area contributed by atoms with Crippen LogP contribution in [0.5, 0.6) is 11.5 Å². The number of nitrogens with zero attached hydrogens (tertiary/aromatic N) is 2. The number of ether oxygens (including phenoxy) is 1. The summed E-state index contributed by atoms with van der Waals surface area (Å²) in [6.45, 7) is 3.48. The molecule has 4 nitrogen and oxygen atoms in total. The Labute approximate surface area is 105 Å². The molecule has 5 heteroatoms. The van der Waals surface area contributed by atoms with E-state index in [-0.39, 0.29) is 11.9 Å². The first-order valence-corrected chi connectivity index (χ1v) is 5.69. The van der Waals surface area contributed by atoms with Gasteiger partial charge in [0.2, 0.25) is 0 Å². The number of aryl methyl sites for hydroxylation is 2. The second-order valence-corrected chi connectivity index (χ2v) is 4.38. The number of nitrogens with two attached hydrogens (primary N) is 1. The lowest BCUT2D eigenvalue weighted by Gasteiger charge is -2.14. The van der Waals surface area contributed by atoms with Gasteiger partial charge in [0.15, 0.2) is 5.75 Å². The minimum absolute atomic E-state index is 0.277. The van der Waals surface area contributed by atoms with Gasteiger partial charge in [-0.3, -0.25) is 4.68 Å². The average molecular weight is 249 g/mol. The third-order valence-electron chi connectivity index (χ3n) is 2.69. The molecule has 0 aliphatic carbocycles. The first-order valence-electron chi connectivity index (χ1n) is 5.69. The molecule has 18 heavy (non-hydrogen) atoms. The summed E-state index contributed by atoms with van der Waals surface area (Å²) in [5, 5.41) is 4.01. The molecule has 0 spiro atoms. The number of rotatable bonds is 3. The summed E-state index contributed by atoms with van der Waals surface area (Å²) in [4.78, 5) is 0. The number of hydrogen-bond acceptors (Lipinski definition) is 3. The van der Waals surface area contributed by atoms with Gasteiger partial charge in [0.25, 0.3) is 0 Å². The van der Waals surface area contributed by atoms with Gasteiger partial charge in [-0.25, -0.2) is 4.39 Å². The van der Waals surface area contributed by atoms with Crippen LogP contribution in [0.1, 0.15) is 24.1 Å². The standard InChI is InChI=1S/C13H16FN3O/c1-8-4-13(11(9(2)15)5-12(8)14)18-10-6-16-17(3)7-10/h4-7,9H,15H2,1-3H3/t9-/m0/s1. The highest BCUT2D eigenvalue weighted by molar-refractivity contribution is 5.42. The van der Waals surface area contributed by atoms with Crippen molar-refractivity contribution in [1.29, 1.82) is 0 Å². The average Bonchev–Trinajstić information content (AvgIpc) is 2.68. The van der Waals surface area contributed by atoms with E-state index in [9.17, 15) is 4.39 Å². The summed E-state index contributed by atoms with van der Waals surface area (Å²) in [5.41, 5.74) is 6.99. The van der Waals surface area contributed by atoms with Crippen molar-refractivity contribution >= 4 is 0 Å². The zero-order chi connectivity index (χ0) is 13.3. The molecule has 0 unspecified atom stereocenters. The van der Waals surface area contributed by atoms with Crippen LogP contribution in [0.2, 0.25) is 0 Å². The maximum atomic E-state index is 13.5. The first-order chi connectivity index (χ1) is 8.47. The zero-order valence-electron chi connectivity index (χ0n) is 10.6. The Hall–Kier alpha value is -1.88. The van der Waals surface area contributed by atoms with Gasteiger partial charge in [0.1, 0.15) is 11.6 Å². The predicted octanol–water partition coefficient (Wildman–Crippen LogP) is 2.68. The quantitative estimate of drug-likeness (QED) is 0.909. The van der Waals surface area contributed by atoms with Crippen LogP contribution >= 0.6 is 0 Å². The SMILES string of the molecule is Cc1cc(Oc2cnn(C)c2)c([C@H](C)N)cc1F. The largest absolute Gasteiger partial charge is 0.454 e. The molecule has 2 N–H and O–H groups in total. The molecule has 2 rings (SSSR count). The van der Waals surface area contributed by atoms with E-state index in [1.165, 1.54) is 6.07 Å². The van der Waals surface area contributed by atoms with E-state index >= 15 is 0 Å². The summed E-state index contributed by atoms with van der Waals surface area (Å²) in [7, 11) is 1.80. The van der Waals surface area contributed by atoms with Crippen molar-refractivity contribution in [3.63, 3.8) is 0 Å². The highest BCUT2D eigenvalue weighted by atomic mass is 19.1. The molecular weight excluding hydrogens is 233 g/mol. The molecule has 1 atom stereocenters. The summed E-state index contributed by atoms with van der Waals surface area (Å²) in [6, 6.07) is 2.78. The van der Waals surface area contributed by atoms with Gasteiger partial charge in [0, 0.05) is 18.7 Å². The topological polar surface area (TPSA) is 53.1 Å². The van der Waals surface area contributed by atoms with Crippen molar-refractivity contribution in [2.45, 2.75) is 19.9 Å². The van der Waals surface area contributed by atoms with E-state index in [1.807, 2.05) is 0 Å². The Morgan fingerprint density at radius 2 is 2.17 bits per heavy atom. The Kier molecular flexibility index (Phi) is 3.34. The summed E-state index contributed by atoms with van der Waals surface area (Å²) >= 11 is 0. The lowest BCUT2D eigenvalue weighted by molar-refractivity contribution is 0.467. The first kappa shape index (κ1) is 12.6. The highest BCUT2D eigenvalue weighted by Crippen LogP contribution is 2.30. The Bertz CT molecular complexity index is 563. The van der Waals surface area contributed by atoms with Crippen molar-refractivity contribution in [1.82, 2.24) is 9.78 Å². The summed E-state index contributed by atoms with van der Waals surface area (Å²) in [6.07, 6.45) is 3.34. The Balaban J connectivity index is 2.39. The minimum Gasteiger partial charge on any atom is -0.454 e. The zero-order valence-corrected chi connectivity index (χ0v) is 10.6. The molecule has 1 aromatic carbocycles. The van der Waals surface area contributed by atoms with Gasteiger partial charge in [0.05, 0.1) is 12.4 Å². The van der Waals surface area contributed by atoms with Gasteiger partial charge < -0.3 is 10.5 Å². The van der Waals surface area contributed by atoms with Gasteiger partial charge >= 0.3 is 0 Å².